The van der Waals surface area contributed by atoms with Gasteiger partial charge in [0.2, 0.25) is 0 Å². The Kier molecular flexibility index (Phi) is 9.34. The van der Waals surface area contributed by atoms with Crippen LogP contribution < -0.4 is 19.6 Å². The zero-order chi connectivity index (χ0) is 41.9. The Balaban J connectivity index is 1.22. The highest BCUT2D eigenvalue weighted by atomic mass is 19.4. The number of rotatable bonds is 8. The summed E-state index contributed by atoms with van der Waals surface area (Å²) < 4.78 is 43.6. The van der Waals surface area contributed by atoms with Crippen LogP contribution in [0.5, 0.6) is 0 Å². The molecule has 0 aliphatic carbocycles. The van der Waals surface area contributed by atoms with Crippen LogP contribution in [0.2, 0.25) is 0 Å². The molecule has 7 aromatic rings. The Hall–Kier alpha value is -7.01. The third-order valence-electron chi connectivity index (χ3n) is 12.6. The number of aryl methyl sites for hydroxylation is 1. The highest BCUT2D eigenvalue weighted by Gasteiger charge is 2.50. The van der Waals surface area contributed by atoms with E-state index in [0.29, 0.717) is 23.6 Å². The van der Waals surface area contributed by atoms with Gasteiger partial charge in [0, 0.05) is 59.4 Å². The van der Waals surface area contributed by atoms with Gasteiger partial charge in [-0.25, -0.2) is 19.9 Å². The summed E-state index contributed by atoms with van der Waals surface area (Å²) in [5, 5.41) is 0. The topological polar surface area (TPSA) is 64.5 Å². The minimum absolute atomic E-state index is 0.115. The van der Waals surface area contributed by atoms with Gasteiger partial charge in [-0.2, -0.15) is 13.2 Å². The van der Waals surface area contributed by atoms with Gasteiger partial charge in [0.05, 0.1) is 5.56 Å². The number of nitrogens with zero attached hydrogens (tertiary/aromatic N) is 8. The molecule has 0 radical (unpaired) electrons. The van der Waals surface area contributed by atoms with E-state index < -0.39 is 17.9 Å². The van der Waals surface area contributed by atoms with Crippen LogP contribution in [0, 0.1) is 6.92 Å². The number of benzene rings is 5. The minimum Gasteiger partial charge on any atom is -0.302 e. The van der Waals surface area contributed by atoms with Crippen molar-refractivity contribution in [1.29, 1.82) is 0 Å². The maximum atomic E-state index is 14.5. The van der Waals surface area contributed by atoms with Gasteiger partial charge in [-0.3, -0.25) is 9.80 Å². The van der Waals surface area contributed by atoms with E-state index in [4.69, 9.17) is 19.9 Å². The third kappa shape index (κ3) is 6.21. The lowest BCUT2D eigenvalue weighted by Crippen LogP contribution is -2.45. The summed E-state index contributed by atoms with van der Waals surface area (Å²) in [6.07, 6.45) is 6.17. The first-order valence-electron chi connectivity index (χ1n) is 20.7. The highest BCUT2D eigenvalue weighted by Crippen LogP contribution is 2.56. The van der Waals surface area contributed by atoms with E-state index in [1.165, 1.54) is 11.6 Å². The summed E-state index contributed by atoms with van der Waals surface area (Å²) in [5.74, 6) is 2.79. The fourth-order valence-corrected chi connectivity index (χ4v) is 9.68. The minimum atomic E-state index is -4.53. The standard InChI is InChI=1S/C50H43F3N8/c1-4-49(5-2)32-35(48-59(37-18-10-7-11-19-37)45-47(57-29-27-55-45)61(48)41-23-15-14-22-40(41)49)31-43-58(36-16-8-6-9-17-36)44-46(56-28-26-54-44)60(43)42-30-34(25-24-33(42)3)38-20-12-13-21-39(38)50(51,52)53/h6-30,32,43,48H,4-5,31H2,1-3H3. The number of allylic oxidation sites excluding steroid dienone is 1. The zero-order valence-corrected chi connectivity index (χ0v) is 34.0. The molecule has 2 aromatic heterocycles. The molecular formula is C50H43F3N8. The van der Waals surface area contributed by atoms with Crippen molar-refractivity contribution in [3.63, 3.8) is 0 Å². The first-order valence-corrected chi connectivity index (χ1v) is 20.7. The number of anilines is 8. The summed E-state index contributed by atoms with van der Waals surface area (Å²) in [5.41, 5.74) is 6.48. The van der Waals surface area contributed by atoms with Gasteiger partial charge in [0.25, 0.3) is 0 Å². The Labute approximate surface area is 353 Å². The molecule has 0 saturated heterocycles. The maximum Gasteiger partial charge on any atom is 0.417 e. The fourth-order valence-electron chi connectivity index (χ4n) is 9.68. The molecule has 10 rings (SSSR count). The van der Waals surface area contributed by atoms with E-state index in [0.717, 1.165) is 64.4 Å². The molecule has 3 aliphatic heterocycles. The van der Waals surface area contributed by atoms with E-state index >= 15 is 0 Å². The molecular weight excluding hydrogens is 770 g/mol. The van der Waals surface area contributed by atoms with Gasteiger partial charge < -0.3 is 9.80 Å². The van der Waals surface area contributed by atoms with Crippen LogP contribution >= 0.6 is 0 Å². The predicted molar refractivity (Wildman–Crippen MR) is 236 cm³/mol. The van der Waals surface area contributed by atoms with Crippen LogP contribution in [0.1, 0.15) is 49.8 Å². The lowest BCUT2D eigenvalue weighted by atomic mass is 9.74. The maximum absolute atomic E-state index is 14.5. The molecule has 3 aliphatic rings. The van der Waals surface area contributed by atoms with Gasteiger partial charge >= 0.3 is 6.18 Å². The Morgan fingerprint density at radius 1 is 0.574 bits per heavy atom. The van der Waals surface area contributed by atoms with E-state index in [-0.39, 0.29) is 17.1 Å². The van der Waals surface area contributed by atoms with Crippen LogP contribution in [-0.2, 0) is 11.6 Å². The quantitative estimate of drug-likeness (QED) is 0.141. The summed E-state index contributed by atoms with van der Waals surface area (Å²) in [6.45, 7) is 6.50. The van der Waals surface area contributed by atoms with Crippen molar-refractivity contribution in [2.45, 2.75) is 64.0 Å². The number of aromatic nitrogens is 4. The molecule has 0 saturated carbocycles. The normalized spacial score (nSPS) is 17.6. The second-order valence-electron chi connectivity index (χ2n) is 15.8. The van der Waals surface area contributed by atoms with Crippen molar-refractivity contribution < 1.29 is 13.2 Å². The van der Waals surface area contributed by atoms with Gasteiger partial charge in [-0.05, 0) is 90.1 Å². The lowest BCUT2D eigenvalue weighted by Gasteiger charge is -2.38. The Bertz CT molecular complexity index is 2770. The van der Waals surface area contributed by atoms with Crippen molar-refractivity contribution >= 4 is 46.0 Å². The second-order valence-corrected chi connectivity index (χ2v) is 15.8. The lowest BCUT2D eigenvalue weighted by molar-refractivity contribution is -0.137. The number of para-hydroxylation sites is 3. The van der Waals surface area contributed by atoms with E-state index in [1.807, 2.05) is 55.5 Å². The van der Waals surface area contributed by atoms with Crippen molar-refractivity contribution in [1.82, 2.24) is 19.9 Å². The largest absolute Gasteiger partial charge is 0.417 e. The molecule has 0 fully saturated rings. The summed E-state index contributed by atoms with van der Waals surface area (Å²) in [7, 11) is 0. The number of hydrogen-bond acceptors (Lipinski definition) is 8. The average molecular weight is 813 g/mol. The Morgan fingerprint density at radius 3 is 1.75 bits per heavy atom. The molecule has 61 heavy (non-hydrogen) atoms. The van der Waals surface area contributed by atoms with Gasteiger partial charge in [-0.1, -0.05) is 105 Å². The van der Waals surface area contributed by atoms with Crippen LogP contribution in [0.3, 0.4) is 0 Å². The van der Waals surface area contributed by atoms with Crippen molar-refractivity contribution in [3.05, 3.63) is 181 Å². The van der Waals surface area contributed by atoms with Gasteiger partial charge in [0.15, 0.2) is 23.3 Å². The fraction of sp³-hybridized carbons (Fsp3) is 0.200. The molecule has 5 heterocycles. The molecule has 0 amide bonds. The van der Waals surface area contributed by atoms with E-state index in [9.17, 15) is 13.2 Å². The zero-order valence-electron chi connectivity index (χ0n) is 34.0. The van der Waals surface area contributed by atoms with Crippen molar-refractivity contribution in [2.24, 2.45) is 0 Å². The number of fused-ring (bicyclic) bond motifs is 6. The molecule has 8 nitrogen and oxygen atoms in total. The summed E-state index contributed by atoms with van der Waals surface area (Å²) in [6, 6.07) is 40.4. The smallest absolute Gasteiger partial charge is 0.302 e. The first kappa shape index (κ1) is 38.2. The van der Waals surface area contributed by atoms with Gasteiger partial charge in [0.1, 0.15) is 12.3 Å². The van der Waals surface area contributed by atoms with Crippen LogP contribution in [0.25, 0.3) is 11.1 Å². The third-order valence-corrected chi connectivity index (χ3v) is 12.6. The highest BCUT2D eigenvalue weighted by molar-refractivity contribution is 5.89. The molecule has 2 atom stereocenters. The monoisotopic (exact) mass is 812 g/mol. The van der Waals surface area contributed by atoms with Crippen LogP contribution in [0.4, 0.5) is 59.2 Å². The molecule has 2 unspecified atom stereocenters. The number of alkyl halides is 3. The number of halogens is 3. The van der Waals surface area contributed by atoms with Crippen LogP contribution in [0.15, 0.2) is 164 Å². The van der Waals surface area contributed by atoms with E-state index in [2.05, 4.69) is 88.1 Å². The van der Waals surface area contributed by atoms with Crippen LogP contribution in [-0.4, -0.2) is 32.3 Å². The Morgan fingerprint density at radius 2 is 1.11 bits per heavy atom. The summed E-state index contributed by atoms with van der Waals surface area (Å²) >= 11 is 0. The molecule has 0 bridgehead atoms. The predicted octanol–water partition coefficient (Wildman–Crippen LogP) is 12.6. The SMILES string of the molecule is CCC1(CC)C=C(CC2N(c3ccccc3)c3nccnc3N2c2cc(-c3ccccc3C(F)(F)F)ccc2C)C2N(c3ccccc3)c3nccnc3N2c2ccccc21. The van der Waals surface area contributed by atoms with Gasteiger partial charge in [-0.15, -0.1) is 0 Å². The first-order chi connectivity index (χ1) is 29.7. The molecule has 5 aromatic carbocycles. The average Bonchev–Trinajstić information content (AvgIpc) is 3.77. The van der Waals surface area contributed by atoms with Crippen molar-refractivity contribution in [3.8, 4) is 11.1 Å². The molecule has 0 spiro atoms. The number of hydrogen-bond donors (Lipinski definition) is 0. The van der Waals surface area contributed by atoms with Crippen molar-refractivity contribution in [2.75, 3.05) is 19.6 Å². The molecule has 11 heteroatoms. The summed E-state index contributed by atoms with van der Waals surface area (Å²) in [4.78, 5) is 29.0. The molecule has 0 N–H and O–H groups in total. The second kappa shape index (κ2) is 14.9. The van der Waals surface area contributed by atoms with E-state index in [1.54, 1.807) is 43.0 Å². The molecule has 304 valence electrons.